The van der Waals surface area contributed by atoms with Crippen LogP contribution in [0.5, 0.6) is 0 Å². The van der Waals surface area contributed by atoms with E-state index in [9.17, 15) is 9.59 Å². The van der Waals surface area contributed by atoms with Gasteiger partial charge in [-0.1, -0.05) is 0 Å². The van der Waals surface area contributed by atoms with Crippen LogP contribution in [0.3, 0.4) is 0 Å². The lowest BCUT2D eigenvalue weighted by Gasteiger charge is -2.38. The smallest absolute Gasteiger partial charge is 0.257 e. The summed E-state index contributed by atoms with van der Waals surface area (Å²) in [6, 6.07) is -0.496. The fourth-order valence-corrected chi connectivity index (χ4v) is 2.38. The van der Waals surface area contributed by atoms with Crippen molar-refractivity contribution >= 4 is 17.8 Å². The summed E-state index contributed by atoms with van der Waals surface area (Å²) in [7, 11) is 7.18. The monoisotopic (exact) mass is 306 g/mol. The summed E-state index contributed by atoms with van der Waals surface area (Å²) in [6.45, 7) is 1.75. The first kappa shape index (κ1) is 16.2. The number of rotatable bonds is 3. The first-order valence-electron chi connectivity index (χ1n) is 7.14. The Kier molecular flexibility index (Phi) is 4.92. The molecule has 2 rings (SSSR count). The Labute approximate surface area is 130 Å². The van der Waals surface area contributed by atoms with E-state index >= 15 is 0 Å². The van der Waals surface area contributed by atoms with E-state index in [2.05, 4.69) is 15.3 Å². The molecule has 1 unspecified atom stereocenters. The van der Waals surface area contributed by atoms with Crippen LogP contribution in [0.1, 0.15) is 10.4 Å². The number of amides is 2. The lowest BCUT2D eigenvalue weighted by Crippen LogP contribution is -2.59. The summed E-state index contributed by atoms with van der Waals surface area (Å²) in [5.74, 6) is 0.163. The van der Waals surface area contributed by atoms with Gasteiger partial charge in [0, 0.05) is 53.2 Å². The molecule has 0 radical (unpaired) electrons. The highest BCUT2D eigenvalue weighted by Gasteiger charge is 2.34. The molecule has 0 bridgehead atoms. The number of hydrogen-bond acceptors (Lipinski definition) is 6. The molecule has 1 saturated heterocycles. The molecule has 1 atom stereocenters. The van der Waals surface area contributed by atoms with Gasteiger partial charge in [-0.3, -0.25) is 9.59 Å². The summed E-state index contributed by atoms with van der Waals surface area (Å²) < 4.78 is 0. The number of nitrogens with zero attached hydrogens (tertiary/aromatic N) is 5. The molecule has 0 saturated carbocycles. The maximum atomic E-state index is 12.7. The number of likely N-dealkylation sites (N-methyl/N-ethyl adjacent to an activating group) is 2. The van der Waals surface area contributed by atoms with E-state index in [0.29, 0.717) is 24.6 Å². The number of aromatic nitrogens is 2. The molecule has 1 aliphatic heterocycles. The molecule has 1 fully saturated rings. The van der Waals surface area contributed by atoms with Gasteiger partial charge in [-0.2, -0.15) is 0 Å². The molecular weight excluding hydrogens is 284 g/mol. The third-order valence-electron chi connectivity index (χ3n) is 3.68. The van der Waals surface area contributed by atoms with Crippen molar-refractivity contribution in [1.82, 2.24) is 25.1 Å². The predicted molar refractivity (Wildman–Crippen MR) is 82.7 cm³/mol. The standard InChI is InChI=1S/C14H22N6O2/c1-15-12(21)11-9-19(4)5-6-20(11)13(22)10-7-16-14(17-8-10)18(2)3/h7-8,11H,5-6,9H2,1-4H3,(H,15,21). The number of anilines is 1. The maximum Gasteiger partial charge on any atom is 0.257 e. The molecular formula is C14H22N6O2. The first-order chi connectivity index (χ1) is 10.4. The van der Waals surface area contributed by atoms with Gasteiger partial charge in [-0.05, 0) is 7.05 Å². The van der Waals surface area contributed by atoms with Gasteiger partial charge < -0.3 is 20.0 Å². The van der Waals surface area contributed by atoms with Crippen LogP contribution < -0.4 is 10.2 Å². The summed E-state index contributed by atoms with van der Waals surface area (Å²) in [4.78, 5) is 38.4. The summed E-state index contributed by atoms with van der Waals surface area (Å²) in [6.07, 6.45) is 3.01. The second-order valence-corrected chi connectivity index (χ2v) is 5.56. The van der Waals surface area contributed by atoms with Crippen molar-refractivity contribution in [1.29, 1.82) is 0 Å². The number of hydrogen-bond donors (Lipinski definition) is 1. The van der Waals surface area contributed by atoms with Gasteiger partial charge in [0.2, 0.25) is 11.9 Å². The van der Waals surface area contributed by atoms with Crippen LogP contribution >= 0.6 is 0 Å². The average molecular weight is 306 g/mol. The topological polar surface area (TPSA) is 81.7 Å². The van der Waals surface area contributed by atoms with Crippen LogP contribution in [0.25, 0.3) is 0 Å². The Hall–Kier alpha value is -2.22. The van der Waals surface area contributed by atoms with E-state index in [4.69, 9.17) is 0 Å². The van der Waals surface area contributed by atoms with Crippen LogP contribution in [-0.4, -0.2) is 85.4 Å². The zero-order chi connectivity index (χ0) is 16.3. The SMILES string of the molecule is CNC(=O)C1CN(C)CCN1C(=O)c1cnc(N(C)C)nc1. The van der Waals surface area contributed by atoms with Crippen molar-refractivity contribution in [3.05, 3.63) is 18.0 Å². The van der Waals surface area contributed by atoms with E-state index in [1.165, 1.54) is 12.4 Å². The summed E-state index contributed by atoms with van der Waals surface area (Å²) in [5, 5.41) is 2.62. The second-order valence-electron chi connectivity index (χ2n) is 5.56. The van der Waals surface area contributed by atoms with E-state index < -0.39 is 6.04 Å². The van der Waals surface area contributed by atoms with Crippen molar-refractivity contribution < 1.29 is 9.59 Å². The van der Waals surface area contributed by atoms with Gasteiger partial charge >= 0.3 is 0 Å². The number of piperazine rings is 1. The van der Waals surface area contributed by atoms with E-state index in [0.717, 1.165) is 6.54 Å². The first-order valence-corrected chi connectivity index (χ1v) is 7.14. The third kappa shape index (κ3) is 3.33. The van der Waals surface area contributed by atoms with Crippen LogP contribution in [0.15, 0.2) is 12.4 Å². The highest BCUT2D eigenvalue weighted by molar-refractivity contribution is 5.97. The third-order valence-corrected chi connectivity index (χ3v) is 3.68. The van der Waals surface area contributed by atoms with Gasteiger partial charge in [0.15, 0.2) is 0 Å². The van der Waals surface area contributed by atoms with Crippen molar-refractivity contribution in [2.45, 2.75) is 6.04 Å². The Morgan fingerprint density at radius 3 is 2.45 bits per heavy atom. The fourth-order valence-electron chi connectivity index (χ4n) is 2.38. The second kappa shape index (κ2) is 6.69. The van der Waals surface area contributed by atoms with Gasteiger partial charge in [0.1, 0.15) is 6.04 Å². The number of nitrogens with one attached hydrogen (secondary N) is 1. The molecule has 2 heterocycles. The Bertz CT molecular complexity index is 545. The number of carbonyl (C=O) groups is 2. The van der Waals surface area contributed by atoms with E-state index in [1.807, 2.05) is 26.0 Å². The molecule has 120 valence electrons. The quantitative estimate of drug-likeness (QED) is 0.775. The molecule has 2 amide bonds. The predicted octanol–water partition coefficient (Wildman–Crippen LogP) is -0.955. The van der Waals surface area contributed by atoms with Gasteiger partial charge in [-0.15, -0.1) is 0 Å². The summed E-state index contributed by atoms with van der Waals surface area (Å²) >= 11 is 0. The molecule has 1 N–H and O–H groups in total. The molecule has 1 aliphatic rings. The lowest BCUT2D eigenvalue weighted by atomic mass is 10.1. The van der Waals surface area contributed by atoms with Crippen molar-refractivity contribution in [3.63, 3.8) is 0 Å². The zero-order valence-corrected chi connectivity index (χ0v) is 13.4. The Balaban J connectivity index is 2.20. The molecule has 8 nitrogen and oxygen atoms in total. The molecule has 1 aromatic rings. The van der Waals surface area contributed by atoms with E-state index in [-0.39, 0.29) is 11.8 Å². The molecule has 0 aliphatic carbocycles. The minimum Gasteiger partial charge on any atom is -0.357 e. The van der Waals surface area contributed by atoms with Crippen LogP contribution in [0, 0.1) is 0 Å². The van der Waals surface area contributed by atoms with Crippen LogP contribution in [0.4, 0.5) is 5.95 Å². The van der Waals surface area contributed by atoms with Crippen molar-refractivity contribution in [3.8, 4) is 0 Å². The highest BCUT2D eigenvalue weighted by Crippen LogP contribution is 2.14. The van der Waals surface area contributed by atoms with Gasteiger partial charge in [0.25, 0.3) is 5.91 Å². The molecule has 8 heteroatoms. The minimum absolute atomic E-state index is 0.161. The van der Waals surface area contributed by atoms with Crippen molar-refractivity contribution in [2.75, 3.05) is 52.7 Å². The summed E-state index contributed by atoms with van der Waals surface area (Å²) in [5.41, 5.74) is 0.393. The van der Waals surface area contributed by atoms with Gasteiger partial charge in [0.05, 0.1) is 5.56 Å². The van der Waals surface area contributed by atoms with Gasteiger partial charge in [-0.25, -0.2) is 9.97 Å². The van der Waals surface area contributed by atoms with Crippen LogP contribution in [0.2, 0.25) is 0 Å². The Morgan fingerprint density at radius 2 is 1.91 bits per heavy atom. The number of carbonyl (C=O) groups excluding carboxylic acids is 2. The Morgan fingerprint density at radius 1 is 1.27 bits per heavy atom. The zero-order valence-electron chi connectivity index (χ0n) is 13.4. The molecule has 22 heavy (non-hydrogen) atoms. The average Bonchev–Trinajstić information content (AvgIpc) is 2.53. The maximum absolute atomic E-state index is 12.7. The van der Waals surface area contributed by atoms with Crippen molar-refractivity contribution in [2.24, 2.45) is 0 Å². The molecule has 1 aromatic heterocycles. The fraction of sp³-hybridized carbons (Fsp3) is 0.571. The lowest BCUT2D eigenvalue weighted by molar-refractivity contribution is -0.126. The largest absolute Gasteiger partial charge is 0.357 e. The molecule has 0 spiro atoms. The van der Waals surface area contributed by atoms with Crippen LogP contribution in [-0.2, 0) is 4.79 Å². The van der Waals surface area contributed by atoms with E-state index in [1.54, 1.807) is 16.8 Å². The normalized spacial score (nSPS) is 18.9. The molecule has 0 aromatic carbocycles. The minimum atomic E-state index is -0.496. The highest BCUT2D eigenvalue weighted by atomic mass is 16.2.